The Morgan fingerprint density at radius 3 is 2.47 bits per heavy atom. The molecule has 3 aromatic rings. The van der Waals surface area contributed by atoms with Crippen LogP contribution in [0.15, 0.2) is 53.1 Å². The van der Waals surface area contributed by atoms with Gasteiger partial charge < -0.3 is 18.9 Å². The molecule has 0 unspecified atom stereocenters. The van der Waals surface area contributed by atoms with Crippen LogP contribution in [0.1, 0.15) is 29.9 Å². The van der Waals surface area contributed by atoms with Crippen molar-refractivity contribution < 1.29 is 18.8 Å². The fourth-order valence-corrected chi connectivity index (χ4v) is 3.28. The van der Waals surface area contributed by atoms with Gasteiger partial charge in [0.2, 0.25) is 0 Å². The Balaban J connectivity index is 1.86. The van der Waals surface area contributed by atoms with Gasteiger partial charge in [0, 0.05) is 23.2 Å². The number of nitrogens with zero attached hydrogens (tertiary/aromatic N) is 2. The number of benzene rings is 2. The van der Waals surface area contributed by atoms with Crippen molar-refractivity contribution in [1.29, 1.82) is 0 Å². The molecule has 7 heteroatoms. The number of rotatable bonds is 8. The predicted octanol–water partition coefficient (Wildman–Crippen LogP) is 5.31. The summed E-state index contributed by atoms with van der Waals surface area (Å²) in [7, 11) is 3.20. The van der Waals surface area contributed by atoms with Crippen LogP contribution in [0.2, 0.25) is 5.02 Å². The van der Waals surface area contributed by atoms with E-state index in [4.69, 9.17) is 25.6 Å². The van der Waals surface area contributed by atoms with E-state index in [1.165, 1.54) is 0 Å². The summed E-state index contributed by atoms with van der Waals surface area (Å²) in [5.74, 6) is 2.09. The smallest absolute Gasteiger partial charge is 0.254 e. The number of halogens is 1. The van der Waals surface area contributed by atoms with E-state index in [1.54, 1.807) is 43.4 Å². The van der Waals surface area contributed by atoms with Crippen LogP contribution in [0.3, 0.4) is 0 Å². The van der Waals surface area contributed by atoms with Crippen LogP contribution in [0.5, 0.6) is 11.5 Å². The predicted molar refractivity (Wildman–Crippen MR) is 116 cm³/mol. The highest BCUT2D eigenvalue weighted by Crippen LogP contribution is 2.34. The fraction of sp³-hybridized carbons (Fsp3) is 0.304. The molecule has 0 N–H and O–H groups in total. The van der Waals surface area contributed by atoms with Crippen molar-refractivity contribution in [2.24, 2.45) is 5.92 Å². The Kier molecular flexibility index (Phi) is 7.00. The zero-order valence-corrected chi connectivity index (χ0v) is 18.3. The monoisotopic (exact) mass is 428 g/mol. The van der Waals surface area contributed by atoms with E-state index in [0.29, 0.717) is 52.5 Å². The molecule has 0 spiro atoms. The van der Waals surface area contributed by atoms with Gasteiger partial charge in [-0.2, -0.15) is 0 Å². The average molecular weight is 429 g/mol. The lowest BCUT2D eigenvalue weighted by molar-refractivity contribution is 0.0719. The average Bonchev–Trinajstić information content (AvgIpc) is 3.21. The molecule has 1 amide bonds. The highest BCUT2D eigenvalue weighted by Gasteiger charge is 2.20. The standard InChI is InChI=1S/C23H25ClN2O4/c1-15(2)13-26(23(27)16-5-7-17(24)8-6-16)14-18-11-22(30-25-18)20-12-19(28-3)9-10-21(20)29-4/h5-12,15H,13-14H2,1-4H3. The molecule has 2 aromatic carbocycles. The van der Waals surface area contributed by atoms with E-state index in [9.17, 15) is 4.79 Å². The number of amides is 1. The molecule has 3 rings (SSSR count). The quantitative estimate of drug-likeness (QED) is 0.486. The minimum Gasteiger partial charge on any atom is -0.497 e. The Hall–Kier alpha value is -2.99. The Bertz CT molecular complexity index is 999. The number of methoxy groups -OCH3 is 2. The third-order valence-corrected chi connectivity index (χ3v) is 4.80. The van der Waals surface area contributed by atoms with E-state index >= 15 is 0 Å². The van der Waals surface area contributed by atoms with Crippen molar-refractivity contribution in [3.05, 3.63) is 64.8 Å². The zero-order valence-electron chi connectivity index (χ0n) is 17.5. The third kappa shape index (κ3) is 5.13. The number of aromatic nitrogens is 1. The SMILES string of the molecule is COc1ccc(OC)c(-c2cc(CN(CC(C)C)C(=O)c3ccc(Cl)cc3)no2)c1. The second-order valence-electron chi connectivity index (χ2n) is 7.34. The molecular formula is C23H25ClN2O4. The van der Waals surface area contributed by atoms with Gasteiger partial charge >= 0.3 is 0 Å². The Morgan fingerprint density at radius 1 is 1.10 bits per heavy atom. The number of carbonyl (C=O) groups is 1. The molecular weight excluding hydrogens is 404 g/mol. The van der Waals surface area contributed by atoms with Crippen molar-refractivity contribution in [3.8, 4) is 22.8 Å². The molecule has 30 heavy (non-hydrogen) atoms. The van der Waals surface area contributed by atoms with Gasteiger partial charge in [-0.25, -0.2) is 0 Å². The Labute approximate surface area is 181 Å². The third-order valence-electron chi connectivity index (χ3n) is 4.55. The molecule has 1 aromatic heterocycles. The molecule has 0 aliphatic carbocycles. The first kappa shape index (κ1) is 21.7. The van der Waals surface area contributed by atoms with Gasteiger partial charge in [-0.1, -0.05) is 30.6 Å². The summed E-state index contributed by atoms with van der Waals surface area (Å²) >= 11 is 5.95. The first-order valence-corrected chi connectivity index (χ1v) is 10.0. The summed E-state index contributed by atoms with van der Waals surface area (Å²) < 4.78 is 16.3. The van der Waals surface area contributed by atoms with E-state index < -0.39 is 0 Å². The van der Waals surface area contributed by atoms with Gasteiger partial charge in [-0.3, -0.25) is 4.79 Å². The molecule has 0 bridgehead atoms. The number of hydrogen-bond donors (Lipinski definition) is 0. The van der Waals surface area contributed by atoms with Crippen LogP contribution in [-0.4, -0.2) is 36.7 Å². The van der Waals surface area contributed by atoms with Gasteiger partial charge in [0.1, 0.15) is 17.2 Å². The van der Waals surface area contributed by atoms with Crippen LogP contribution in [0.25, 0.3) is 11.3 Å². The summed E-state index contributed by atoms with van der Waals surface area (Å²) in [6.45, 7) is 5.05. The van der Waals surface area contributed by atoms with Gasteiger partial charge in [0.25, 0.3) is 5.91 Å². The van der Waals surface area contributed by atoms with Crippen molar-refractivity contribution in [1.82, 2.24) is 10.1 Å². The van der Waals surface area contributed by atoms with Gasteiger partial charge in [-0.15, -0.1) is 0 Å². The molecule has 0 radical (unpaired) electrons. The number of carbonyl (C=O) groups excluding carboxylic acids is 1. The van der Waals surface area contributed by atoms with Crippen LogP contribution in [0.4, 0.5) is 0 Å². The molecule has 0 saturated carbocycles. The highest BCUT2D eigenvalue weighted by atomic mass is 35.5. The fourth-order valence-electron chi connectivity index (χ4n) is 3.15. The largest absolute Gasteiger partial charge is 0.497 e. The molecule has 0 aliphatic rings. The van der Waals surface area contributed by atoms with Crippen LogP contribution < -0.4 is 9.47 Å². The van der Waals surface area contributed by atoms with Crippen LogP contribution >= 0.6 is 11.6 Å². The second-order valence-corrected chi connectivity index (χ2v) is 7.77. The molecule has 6 nitrogen and oxygen atoms in total. The van der Waals surface area contributed by atoms with Crippen molar-refractivity contribution >= 4 is 17.5 Å². The summed E-state index contributed by atoms with van der Waals surface area (Å²) in [5.41, 5.74) is 1.96. The normalized spacial score (nSPS) is 10.9. The van der Waals surface area contributed by atoms with Gasteiger partial charge in [0.15, 0.2) is 5.76 Å². The molecule has 1 heterocycles. The molecule has 158 valence electrons. The maximum absolute atomic E-state index is 13.0. The summed E-state index contributed by atoms with van der Waals surface area (Å²) in [6, 6.07) is 14.2. The lowest BCUT2D eigenvalue weighted by Crippen LogP contribution is -2.33. The summed E-state index contributed by atoms with van der Waals surface area (Å²) in [6.07, 6.45) is 0. The van der Waals surface area contributed by atoms with Crippen LogP contribution in [0, 0.1) is 5.92 Å². The van der Waals surface area contributed by atoms with Gasteiger partial charge in [0.05, 0.1) is 26.3 Å². The lowest BCUT2D eigenvalue weighted by Gasteiger charge is -2.23. The minimum atomic E-state index is -0.0797. The van der Waals surface area contributed by atoms with Gasteiger partial charge in [-0.05, 0) is 48.4 Å². The topological polar surface area (TPSA) is 64.8 Å². The maximum atomic E-state index is 13.0. The molecule has 0 fully saturated rings. The summed E-state index contributed by atoms with van der Waals surface area (Å²) in [4.78, 5) is 14.8. The lowest BCUT2D eigenvalue weighted by atomic mass is 10.1. The van der Waals surface area contributed by atoms with Crippen molar-refractivity contribution in [3.63, 3.8) is 0 Å². The highest BCUT2D eigenvalue weighted by molar-refractivity contribution is 6.30. The van der Waals surface area contributed by atoms with Crippen LogP contribution in [-0.2, 0) is 6.54 Å². The number of ether oxygens (including phenoxy) is 2. The Morgan fingerprint density at radius 2 is 1.83 bits per heavy atom. The van der Waals surface area contributed by atoms with E-state index in [-0.39, 0.29) is 5.91 Å². The van der Waals surface area contributed by atoms with Crippen molar-refractivity contribution in [2.45, 2.75) is 20.4 Å². The molecule has 0 aliphatic heterocycles. The zero-order chi connectivity index (χ0) is 21.7. The molecule has 0 atom stereocenters. The van der Waals surface area contributed by atoms with Crippen molar-refractivity contribution in [2.75, 3.05) is 20.8 Å². The minimum absolute atomic E-state index is 0.0797. The number of hydrogen-bond acceptors (Lipinski definition) is 5. The van der Waals surface area contributed by atoms with E-state index in [1.807, 2.05) is 24.3 Å². The van der Waals surface area contributed by atoms with E-state index in [2.05, 4.69) is 19.0 Å². The maximum Gasteiger partial charge on any atom is 0.254 e. The second kappa shape index (κ2) is 9.67. The first-order valence-electron chi connectivity index (χ1n) is 9.64. The van der Waals surface area contributed by atoms with E-state index in [0.717, 1.165) is 5.56 Å². The first-order chi connectivity index (χ1) is 14.4. The summed E-state index contributed by atoms with van der Waals surface area (Å²) in [5, 5.41) is 4.77. The molecule has 0 saturated heterocycles.